The Morgan fingerprint density at radius 3 is 2.36 bits per heavy atom. The van der Waals surface area contributed by atoms with Gasteiger partial charge in [0.15, 0.2) is 0 Å². The van der Waals surface area contributed by atoms with Crippen LogP contribution in [0, 0.1) is 0 Å². The lowest BCUT2D eigenvalue weighted by molar-refractivity contribution is -0.132. The molecule has 1 aliphatic heterocycles. The average molecular weight is 389 g/mol. The van der Waals surface area contributed by atoms with Gasteiger partial charge in [-0.2, -0.15) is 4.31 Å². The van der Waals surface area contributed by atoms with Gasteiger partial charge in [0, 0.05) is 45.3 Å². The average Bonchev–Trinajstić information content (AvgIpc) is 2.63. The van der Waals surface area contributed by atoms with Crippen molar-refractivity contribution in [3.05, 3.63) is 23.5 Å². The molecule has 2 heterocycles. The van der Waals surface area contributed by atoms with E-state index >= 15 is 0 Å². The topological polar surface area (TPSA) is 73.8 Å². The zero-order chi connectivity index (χ0) is 18.4. The minimum absolute atomic E-state index is 0.0807. The summed E-state index contributed by atoms with van der Waals surface area (Å²) in [6.07, 6.45) is 1.73. The second-order valence-corrected chi connectivity index (χ2v) is 8.20. The predicted molar refractivity (Wildman–Crippen MR) is 97.0 cm³/mol. The molecule has 0 unspecified atom stereocenters. The molecule has 1 aliphatic rings. The summed E-state index contributed by atoms with van der Waals surface area (Å²) in [7, 11) is -3.60. The summed E-state index contributed by atoms with van der Waals surface area (Å²) in [6.45, 7) is 8.14. The van der Waals surface area contributed by atoms with Crippen molar-refractivity contribution >= 4 is 27.5 Å². The Hall–Kier alpha value is -1.22. The van der Waals surface area contributed by atoms with Crippen LogP contribution < -0.4 is 0 Å². The molecule has 1 amide bonds. The van der Waals surface area contributed by atoms with Gasteiger partial charge in [0.05, 0.1) is 0 Å². The van der Waals surface area contributed by atoms with E-state index < -0.39 is 10.0 Å². The molecular weight excluding hydrogens is 364 g/mol. The largest absolute Gasteiger partial charge is 0.340 e. The van der Waals surface area contributed by atoms with Crippen LogP contribution in [0.2, 0.25) is 5.15 Å². The van der Waals surface area contributed by atoms with Crippen LogP contribution in [0.1, 0.15) is 20.3 Å². The van der Waals surface area contributed by atoms with Crippen LogP contribution in [0.25, 0.3) is 0 Å². The molecule has 7 nitrogen and oxygen atoms in total. The zero-order valence-corrected chi connectivity index (χ0v) is 16.3. The summed E-state index contributed by atoms with van der Waals surface area (Å²) in [4.78, 5) is 20.2. The Bertz CT molecular complexity index is 669. The number of carbonyl (C=O) groups is 1. The third-order valence-corrected chi connectivity index (χ3v) is 6.57. The van der Waals surface area contributed by atoms with E-state index in [4.69, 9.17) is 11.6 Å². The fourth-order valence-electron chi connectivity index (χ4n) is 2.79. The van der Waals surface area contributed by atoms with E-state index in [1.165, 1.54) is 22.6 Å². The second kappa shape index (κ2) is 8.93. The first-order chi connectivity index (χ1) is 11.9. The van der Waals surface area contributed by atoms with Crippen LogP contribution in [-0.2, 0) is 14.8 Å². The van der Waals surface area contributed by atoms with E-state index in [-0.39, 0.29) is 16.0 Å². The van der Waals surface area contributed by atoms with Gasteiger partial charge in [0.2, 0.25) is 15.9 Å². The minimum atomic E-state index is -3.60. The van der Waals surface area contributed by atoms with Gasteiger partial charge in [-0.05, 0) is 25.2 Å². The van der Waals surface area contributed by atoms with Gasteiger partial charge in [-0.15, -0.1) is 0 Å². The second-order valence-electron chi connectivity index (χ2n) is 5.88. The maximum absolute atomic E-state index is 12.6. The number of sulfonamides is 1. The van der Waals surface area contributed by atoms with Crippen molar-refractivity contribution in [2.45, 2.75) is 25.2 Å². The Morgan fingerprint density at radius 1 is 1.20 bits per heavy atom. The molecule has 0 bridgehead atoms. The third-order valence-electron chi connectivity index (χ3n) is 4.47. The number of piperazine rings is 1. The van der Waals surface area contributed by atoms with E-state index in [1.807, 2.05) is 0 Å². The van der Waals surface area contributed by atoms with Gasteiger partial charge in [0.1, 0.15) is 10.0 Å². The lowest BCUT2D eigenvalue weighted by Gasteiger charge is -2.34. The summed E-state index contributed by atoms with van der Waals surface area (Å²) in [5.74, 6) is 0.0807. The van der Waals surface area contributed by atoms with Gasteiger partial charge in [0.25, 0.3) is 0 Å². The molecule has 0 aliphatic carbocycles. The van der Waals surface area contributed by atoms with Crippen LogP contribution in [0.4, 0.5) is 0 Å². The fraction of sp³-hybridized carbons (Fsp3) is 0.625. The van der Waals surface area contributed by atoms with E-state index in [1.54, 1.807) is 4.90 Å². The normalized spacial score (nSPS) is 16.4. The maximum Gasteiger partial charge on any atom is 0.244 e. The van der Waals surface area contributed by atoms with Crippen LogP contribution in [-0.4, -0.2) is 79.2 Å². The molecule has 9 heteroatoms. The number of rotatable bonds is 7. The van der Waals surface area contributed by atoms with Crippen molar-refractivity contribution in [2.24, 2.45) is 0 Å². The number of nitrogens with zero attached hydrogens (tertiary/aromatic N) is 4. The molecule has 0 radical (unpaired) electrons. The molecule has 0 spiro atoms. The first-order valence-corrected chi connectivity index (χ1v) is 10.3. The highest BCUT2D eigenvalue weighted by Gasteiger charge is 2.30. The first-order valence-electron chi connectivity index (χ1n) is 8.50. The molecule has 1 saturated heterocycles. The van der Waals surface area contributed by atoms with Gasteiger partial charge < -0.3 is 9.80 Å². The summed E-state index contributed by atoms with van der Waals surface area (Å²) < 4.78 is 26.6. The Labute approximate surface area is 154 Å². The van der Waals surface area contributed by atoms with Crippen molar-refractivity contribution in [3.63, 3.8) is 0 Å². The minimum Gasteiger partial charge on any atom is -0.340 e. The molecule has 0 saturated carbocycles. The molecule has 1 aromatic heterocycles. The Kier molecular flexibility index (Phi) is 7.18. The maximum atomic E-state index is 12.6. The van der Waals surface area contributed by atoms with Gasteiger partial charge in [-0.1, -0.05) is 25.4 Å². The van der Waals surface area contributed by atoms with Gasteiger partial charge in [-0.3, -0.25) is 4.79 Å². The van der Waals surface area contributed by atoms with Gasteiger partial charge >= 0.3 is 0 Å². The number of halogens is 1. The monoisotopic (exact) mass is 388 g/mol. The summed E-state index contributed by atoms with van der Waals surface area (Å²) in [5, 5.41) is 0.252. The lowest BCUT2D eigenvalue weighted by Crippen LogP contribution is -2.50. The SMILES string of the molecule is CCN(CC)CCC(=O)N1CCN(S(=O)(=O)c2ccc(Cl)nc2)CC1. The molecule has 0 N–H and O–H groups in total. The number of pyridine rings is 1. The fourth-order valence-corrected chi connectivity index (χ4v) is 4.27. The predicted octanol–water partition coefficient (Wildman–Crippen LogP) is 1.30. The van der Waals surface area contributed by atoms with Crippen molar-refractivity contribution in [2.75, 3.05) is 45.8 Å². The first kappa shape index (κ1) is 20.1. The summed E-state index contributed by atoms with van der Waals surface area (Å²) >= 11 is 5.71. The lowest BCUT2D eigenvalue weighted by atomic mass is 10.3. The van der Waals surface area contributed by atoms with Gasteiger partial charge in [-0.25, -0.2) is 13.4 Å². The summed E-state index contributed by atoms with van der Waals surface area (Å²) in [5.41, 5.74) is 0. The van der Waals surface area contributed by atoms with E-state index in [0.717, 1.165) is 19.6 Å². The molecule has 1 aromatic rings. The number of aromatic nitrogens is 1. The number of amides is 1. The van der Waals surface area contributed by atoms with Crippen molar-refractivity contribution < 1.29 is 13.2 Å². The van der Waals surface area contributed by atoms with Crippen LogP contribution in [0.3, 0.4) is 0 Å². The molecule has 2 rings (SSSR count). The molecular formula is C16H25ClN4O3S. The Balaban J connectivity index is 1.90. The zero-order valence-electron chi connectivity index (χ0n) is 14.7. The molecule has 0 aromatic carbocycles. The smallest absolute Gasteiger partial charge is 0.244 e. The molecule has 140 valence electrons. The standard InChI is InChI=1S/C16H25ClN4O3S/c1-3-19(4-2)8-7-16(22)20-9-11-21(12-10-20)25(23,24)14-5-6-15(17)18-13-14/h5-6,13H,3-4,7-12H2,1-2H3. The highest BCUT2D eigenvalue weighted by molar-refractivity contribution is 7.89. The quantitative estimate of drug-likeness (QED) is 0.658. The highest BCUT2D eigenvalue weighted by Crippen LogP contribution is 2.18. The third kappa shape index (κ3) is 5.13. The Morgan fingerprint density at radius 2 is 1.84 bits per heavy atom. The summed E-state index contributed by atoms with van der Waals surface area (Å²) in [6, 6.07) is 2.91. The number of hydrogen-bond acceptors (Lipinski definition) is 5. The van der Waals surface area contributed by atoms with E-state index in [9.17, 15) is 13.2 Å². The van der Waals surface area contributed by atoms with E-state index in [0.29, 0.717) is 32.6 Å². The van der Waals surface area contributed by atoms with Crippen LogP contribution in [0.5, 0.6) is 0 Å². The molecule has 1 fully saturated rings. The van der Waals surface area contributed by atoms with Crippen LogP contribution >= 0.6 is 11.6 Å². The van der Waals surface area contributed by atoms with Crippen molar-refractivity contribution in [1.29, 1.82) is 0 Å². The van der Waals surface area contributed by atoms with Crippen molar-refractivity contribution in [1.82, 2.24) is 19.1 Å². The molecule has 0 atom stereocenters. The van der Waals surface area contributed by atoms with Crippen LogP contribution in [0.15, 0.2) is 23.2 Å². The van der Waals surface area contributed by atoms with Crippen molar-refractivity contribution in [3.8, 4) is 0 Å². The highest BCUT2D eigenvalue weighted by atomic mass is 35.5. The number of hydrogen-bond donors (Lipinski definition) is 0. The molecule has 25 heavy (non-hydrogen) atoms. The van der Waals surface area contributed by atoms with E-state index in [2.05, 4.69) is 23.7 Å². The number of carbonyl (C=O) groups excluding carboxylic acids is 1.